The highest BCUT2D eigenvalue weighted by Crippen LogP contribution is 2.43. The lowest BCUT2D eigenvalue weighted by atomic mass is 9.70. The first-order chi connectivity index (χ1) is 6.83. The van der Waals surface area contributed by atoms with E-state index in [2.05, 4.69) is 6.92 Å². The Bertz CT molecular complexity index is 178. The van der Waals surface area contributed by atoms with Crippen molar-refractivity contribution in [3.63, 3.8) is 0 Å². The molecule has 14 heavy (non-hydrogen) atoms. The van der Waals surface area contributed by atoms with E-state index in [0.717, 1.165) is 18.3 Å². The Labute approximate surface area is 87.9 Å². The minimum Gasteiger partial charge on any atom is -0.393 e. The van der Waals surface area contributed by atoms with Gasteiger partial charge < -0.3 is 5.11 Å². The quantitative estimate of drug-likeness (QED) is 0.718. The third-order valence-corrected chi connectivity index (χ3v) is 4.57. The number of hydrogen-bond donors (Lipinski definition) is 1. The second-order valence-corrected chi connectivity index (χ2v) is 5.28. The fraction of sp³-hybridized carbons (Fsp3) is 1.00. The molecule has 4 atom stereocenters. The zero-order valence-corrected chi connectivity index (χ0v) is 9.41. The van der Waals surface area contributed by atoms with Gasteiger partial charge in [-0.3, -0.25) is 0 Å². The maximum absolute atomic E-state index is 9.95. The molecule has 1 N–H and O–H groups in total. The van der Waals surface area contributed by atoms with Gasteiger partial charge in [0, 0.05) is 0 Å². The Kier molecular flexibility index (Phi) is 3.48. The number of rotatable bonds is 2. The highest BCUT2D eigenvalue weighted by molar-refractivity contribution is 4.87. The average molecular weight is 196 g/mol. The van der Waals surface area contributed by atoms with Gasteiger partial charge in [-0.25, -0.2) is 0 Å². The van der Waals surface area contributed by atoms with Crippen molar-refractivity contribution >= 4 is 0 Å². The zero-order valence-electron chi connectivity index (χ0n) is 9.41. The predicted molar refractivity (Wildman–Crippen MR) is 59.1 cm³/mol. The van der Waals surface area contributed by atoms with E-state index in [1.807, 2.05) is 0 Å². The molecule has 82 valence electrons. The lowest BCUT2D eigenvalue weighted by Gasteiger charge is -2.36. The molecule has 1 heteroatoms. The topological polar surface area (TPSA) is 20.2 Å². The second-order valence-electron chi connectivity index (χ2n) is 5.28. The molecule has 0 heterocycles. The SMILES string of the molecule is CCC1CCCCC1C1CCCC1O. The highest BCUT2D eigenvalue weighted by Gasteiger charge is 2.36. The summed E-state index contributed by atoms with van der Waals surface area (Å²) in [7, 11) is 0. The fourth-order valence-corrected chi connectivity index (χ4v) is 3.78. The van der Waals surface area contributed by atoms with Crippen LogP contribution in [0.15, 0.2) is 0 Å². The van der Waals surface area contributed by atoms with E-state index in [0.29, 0.717) is 5.92 Å². The molecule has 2 aliphatic carbocycles. The first-order valence-electron chi connectivity index (χ1n) is 6.51. The summed E-state index contributed by atoms with van der Waals surface area (Å²) in [5.74, 6) is 2.42. The molecule has 0 radical (unpaired) electrons. The predicted octanol–water partition coefficient (Wildman–Crippen LogP) is 3.36. The van der Waals surface area contributed by atoms with Crippen LogP contribution in [0.1, 0.15) is 58.3 Å². The van der Waals surface area contributed by atoms with E-state index in [1.165, 1.54) is 44.9 Å². The largest absolute Gasteiger partial charge is 0.393 e. The van der Waals surface area contributed by atoms with Crippen LogP contribution in [0.4, 0.5) is 0 Å². The number of aliphatic hydroxyl groups excluding tert-OH is 1. The summed E-state index contributed by atoms with van der Waals surface area (Å²) in [5, 5.41) is 9.95. The van der Waals surface area contributed by atoms with E-state index in [-0.39, 0.29) is 6.10 Å². The molecule has 0 saturated heterocycles. The minimum absolute atomic E-state index is 0.0344. The monoisotopic (exact) mass is 196 g/mol. The van der Waals surface area contributed by atoms with Crippen LogP contribution in [0.25, 0.3) is 0 Å². The van der Waals surface area contributed by atoms with Gasteiger partial charge in [-0.1, -0.05) is 39.0 Å². The van der Waals surface area contributed by atoms with E-state index < -0.39 is 0 Å². The maximum atomic E-state index is 9.95. The fourth-order valence-electron chi connectivity index (χ4n) is 3.78. The summed E-state index contributed by atoms with van der Waals surface area (Å²) in [6.07, 6.45) is 10.6. The summed E-state index contributed by atoms with van der Waals surface area (Å²) in [5.41, 5.74) is 0. The van der Waals surface area contributed by atoms with Crippen LogP contribution in [-0.4, -0.2) is 11.2 Å². The minimum atomic E-state index is 0.0344. The van der Waals surface area contributed by atoms with Gasteiger partial charge in [0.1, 0.15) is 0 Å². The van der Waals surface area contributed by atoms with Gasteiger partial charge in [0.25, 0.3) is 0 Å². The molecule has 0 aromatic rings. The van der Waals surface area contributed by atoms with Crippen molar-refractivity contribution < 1.29 is 5.11 Å². The smallest absolute Gasteiger partial charge is 0.0571 e. The van der Waals surface area contributed by atoms with Crippen LogP contribution < -0.4 is 0 Å². The molecule has 1 nitrogen and oxygen atoms in total. The van der Waals surface area contributed by atoms with Gasteiger partial charge in [0.15, 0.2) is 0 Å². The molecular formula is C13H24O. The normalized spacial score (nSPS) is 44.1. The lowest BCUT2D eigenvalue weighted by Crippen LogP contribution is -2.31. The first-order valence-corrected chi connectivity index (χ1v) is 6.51. The molecule has 0 aromatic heterocycles. The van der Waals surface area contributed by atoms with Gasteiger partial charge >= 0.3 is 0 Å². The molecule has 2 fully saturated rings. The summed E-state index contributed by atoms with van der Waals surface area (Å²) in [4.78, 5) is 0. The molecule has 0 amide bonds. The van der Waals surface area contributed by atoms with E-state index in [4.69, 9.17) is 0 Å². The van der Waals surface area contributed by atoms with Gasteiger partial charge in [0.2, 0.25) is 0 Å². The standard InChI is InChI=1S/C13H24O/c1-2-10-6-3-4-7-11(10)12-8-5-9-13(12)14/h10-14H,2-9H2,1H3. The van der Waals surface area contributed by atoms with Crippen molar-refractivity contribution in [2.75, 3.05) is 0 Å². The Balaban J connectivity index is 1.99. The molecule has 2 aliphatic rings. The van der Waals surface area contributed by atoms with Crippen molar-refractivity contribution in [1.82, 2.24) is 0 Å². The van der Waals surface area contributed by atoms with Crippen molar-refractivity contribution in [3.8, 4) is 0 Å². The van der Waals surface area contributed by atoms with E-state index in [9.17, 15) is 5.11 Å². The lowest BCUT2D eigenvalue weighted by molar-refractivity contribution is 0.0540. The zero-order chi connectivity index (χ0) is 9.97. The second kappa shape index (κ2) is 4.65. The van der Waals surface area contributed by atoms with Gasteiger partial charge in [-0.15, -0.1) is 0 Å². The maximum Gasteiger partial charge on any atom is 0.0571 e. The van der Waals surface area contributed by atoms with Crippen LogP contribution in [0, 0.1) is 17.8 Å². The third-order valence-electron chi connectivity index (χ3n) is 4.57. The molecule has 0 bridgehead atoms. The van der Waals surface area contributed by atoms with E-state index >= 15 is 0 Å². The summed E-state index contributed by atoms with van der Waals surface area (Å²) in [6.45, 7) is 2.32. The molecule has 0 aromatic carbocycles. The molecular weight excluding hydrogens is 172 g/mol. The van der Waals surface area contributed by atoms with Crippen LogP contribution in [-0.2, 0) is 0 Å². The van der Waals surface area contributed by atoms with Crippen LogP contribution >= 0.6 is 0 Å². The third kappa shape index (κ3) is 1.98. The van der Waals surface area contributed by atoms with Crippen molar-refractivity contribution in [2.24, 2.45) is 17.8 Å². The summed E-state index contributed by atoms with van der Waals surface area (Å²) >= 11 is 0. The van der Waals surface area contributed by atoms with Gasteiger partial charge in [-0.2, -0.15) is 0 Å². The molecule has 2 saturated carbocycles. The number of hydrogen-bond acceptors (Lipinski definition) is 1. The van der Waals surface area contributed by atoms with Crippen LogP contribution in [0.5, 0.6) is 0 Å². The summed E-state index contributed by atoms with van der Waals surface area (Å²) < 4.78 is 0. The van der Waals surface area contributed by atoms with Crippen LogP contribution in [0.3, 0.4) is 0 Å². The molecule has 2 rings (SSSR count). The first kappa shape index (κ1) is 10.5. The van der Waals surface area contributed by atoms with Crippen molar-refractivity contribution in [2.45, 2.75) is 64.4 Å². The molecule has 4 unspecified atom stereocenters. The van der Waals surface area contributed by atoms with Crippen molar-refractivity contribution in [3.05, 3.63) is 0 Å². The molecule has 0 aliphatic heterocycles. The Morgan fingerprint density at radius 3 is 2.29 bits per heavy atom. The number of aliphatic hydroxyl groups is 1. The van der Waals surface area contributed by atoms with Gasteiger partial charge in [0.05, 0.1) is 6.10 Å². The van der Waals surface area contributed by atoms with E-state index in [1.54, 1.807) is 0 Å². The average Bonchev–Trinajstić information content (AvgIpc) is 2.64. The Morgan fingerprint density at radius 2 is 1.64 bits per heavy atom. The highest BCUT2D eigenvalue weighted by atomic mass is 16.3. The van der Waals surface area contributed by atoms with Gasteiger partial charge in [-0.05, 0) is 37.0 Å². The molecule has 0 spiro atoms. The summed E-state index contributed by atoms with van der Waals surface area (Å²) in [6, 6.07) is 0. The van der Waals surface area contributed by atoms with Crippen LogP contribution in [0.2, 0.25) is 0 Å². The van der Waals surface area contributed by atoms with Crippen molar-refractivity contribution in [1.29, 1.82) is 0 Å². The Morgan fingerprint density at radius 1 is 0.929 bits per heavy atom. The Hall–Kier alpha value is -0.0400.